The second-order valence-corrected chi connectivity index (χ2v) is 9.39. The highest BCUT2D eigenvalue weighted by atomic mass is 35.5. The summed E-state index contributed by atoms with van der Waals surface area (Å²) in [5, 5.41) is 13.4. The molecule has 0 aromatic heterocycles. The number of para-hydroxylation sites is 1. The predicted octanol–water partition coefficient (Wildman–Crippen LogP) is 2.83. The van der Waals surface area contributed by atoms with Gasteiger partial charge in [-0.1, -0.05) is 29.8 Å². The third-order valence-corrected chi connectivity index (χ3v) is 7.31. The van der Waals surface area contributed by atoms with Crippen LogP contribution in [0, 0.1) is 16.0 Å². The first-order valence-electron chi connectivity index (χ1n) is 9.64. The molecule has 2 aromatic carbocycles. The first-order valence-corrected chi connectivity index (χ1v) is 11.5. The molecular weight excluding hydrogens is 462 g/mol. The number of hydrogen-bond acceptors (Lipinski definition) is 7. The Morgan fingerprint density at radius 3 is 2.44 bits per heavy atom. The molecule has 1 saturated heterocycles. The molecule has 0 aliphatic carbocycles. The van der Waals surface area contributed by atoms with Crippen LogP contribution in [0.3, 0.4) is 0 Å². The maximum atomic E-state index is 12.9. The summed E-state index contributed by atoms with van der Waals surface area (Å²) in [6.45, 7) is -0.426. The number of sulfonamides is 1. The van der Waals surface area contributed by atoms with Crippen LogP contribution < -0.4 is 5.32 Å². The minimum Gasteiger partial charge on any atom is -0.455 e. The van der Waals surface area contributed by atoms with Gasteiger partial charge >= 0.3 is 5.97 Å². The third kappa shape index (κ3) is 5.61. The van der Waals surface area contributed by atoms with E-state index in [0.717, 1.165) is 22.5 Å². The molecular formula is C20H20ClN3O7S. The molecule has 170 valence electrons. The van der Waals surface area contributed by atoms with Gasteiger partial charge in [0, 0.05) is 30.9 Å². The normalized spacial score (nSPS) is 15.2. The van der Waals surface area contributed by atoms with E-state index in [4.69, 9.17) is 16.3 Å². The van der Waals surface area contributed by atoms with Gasteiger partial charge in [0.25, 0.3) is 11.6 Å². The minimum atomic E-state index is -4.08. The molecule has 32 heavy (non-hydrogen) atoms. The molecule has 1 aliphatic rings. The number of nitro groups is 1. The molecule has 1 heterocycles. The average molecular weight is 482 g/mol. The number of amides is 1. The summed E-state index contributed by atoms with van der Waals surface area (Å²) in [6.07, 6.45) is 0.371. The first kappa shape index (κ1) is 23.6. The SMILES string of the molecule is O=C(COC(=O)C1CCN(S(=O)(=O)c2cc([N+](=O)[O-])ccc2Cl)CC1)Nc1ccccc1. The quantitative estimate of drug-likeness (QED) is 0.364. The summed E-state index contributed by atoms with van der Waals surface area (Å²) in [5.41, 5.74) is 0.187. The monoisotopic (exact) mass is 481 g/mol. The van der Waals surface area contributed by atoms with Gasteiger partial charge in [-0.05, 0) is 31.0 Å². The molecule has 0 radical (unpaired) electrons. The molecule has 0 unspecified atom stereocenters. The second kappa shape index (κ2) is 10.1. The van der Waals surface area contributed by atoms with Crippen molar-refractivity contribution in [2.45, 2.75) is 17.7 Å². The fourth-order valence-corrected chi connectivity index (χ4v) is 5.21. The highest BCUT2D eigenvalue weighted by molar-refractivity contribution is 7.89. The molecule has 3 rings (SSSR count). The van der Waals surface area contributed by atoms with Crippen LogP contribution in [-0.4, -0.2) is 49.2 Å². The Morgan fingerprint density at radius 1 is 1.16 bits per heavy atom. The molecule has 1 N–H and O–H groups in total. The van der Waals surface area contributed by atoms with Gasteiger partial charge in [-0.25, -0.2) is 8.42 Å². The molecule has 12 heteroatoms. The van der Waals surface area contributed by atoms with E-state index >= 15 is 0 Å². The number of halogens is 1. The van der Waals surface area contributed by atoms with E-state index in [1.165, 1.54) is 0 Å². The van der Waals surface area contributed by atoms with Crippen LogP contribution in [0.25, 0.3) is 0 Å². The van der Waals surface area contributed by atoms with Crippen molar-refractivity contribution >= 4 is 44.9 Å². The lowest BCUT2D eigenvalue weighted by Crippen LogP contribution is -2.41. The Balaban J connectivity index is 1.55. The van der Waals surface area contributed by atoms with Crippen molar-refractivity contribution < 1.29 is 27.7 Å². The number of piperidine rings is 1. The van der Waals surface area contributed by atoms with Crippen LogP contribution >= 0.6 is 11.6 Å². The van der Waals surface area contributed by atoms with Crippen molar-refractivity contribution in [1.29, 1.82) is 0 Å². The van der Waals surface area contributed by atoms with Gasteiger partial charge in [0.2, 0.25) is 10.0 Å². The van der Waals surface area contributed by atoms with Crippen LogP contribution in [0.4, 0.5) is 11.4 Å². The van der Waals surface area contributed by atoms with E-state index in [-0.39, 0.29) is 41.5 Å². The highest BCUT2D eigenvalue weighted by Crippen LogP contribution is 2.31. The van der Waals surface area contributed by atoms with E-state index in [9.17, 15) is 28.1 Å². The Labute approximate surface area is 189 Å². The van der Waals surface area contributed by atoms with E-state index in [1.54, 1.807) is 30.3 Å². The molecule has 2 aromatic rings. The number of esters is 1. The topological polar surface area (TPSA) is 136 Å². The fourth-order valence-electron chi connectivity index (χ4n) is 3.25. The zero-order valence-corrected chi connectivity index (χ0v) is 18.3. The smallest absolute Gasteiger partial charge is 0.309 e. The van der Waals surface area contributed by atoms with Crippen molar-refractivity contribution in [3.05, 3.63) is 63.7 Å². The van der Waals surface area contributed by atoms with Gasteiger partial charge in [-0.15, -0.1) is 0 Å². The van der Waals surface area contributed by atoms with Crippen LogP contribution in [0.2, 0.25) is 5.02 Å². The highest BCUT2D eigenvalue weighted by Gasteiger charge is 2.34. The number of carbonyl (C=O) groups is 2. The fraction of sp³-hybridized carbons (Fsp3) is 0.300. The molecule has 1 aliphatic heterocycles. The lowest BCUT2D eigenvalue weighted by Gasteiger charge is -2.30. The van der Waals surface area contributed by atoms with Crippen molar-refractivity contribution in [2.75, 3.05) is 25.0 Å². The second-order valence-electron chi connectivity index (χ2n) is 7.07. The average Bonchev–Trinajstić information content (AvgIpc) is 2.78. The number of nitro benzene ring substituents is 1. The van der Waals surface area contributed by atoms with Gasteiger partial charge in [0.1, 0.15) is 4.90 Å². The number of benzene rings is 2. The third-order valence-electron chi connectivity index (χ3n) is 4.93. The minimum absolute atomic E-state index is 0.0112. The zero-order chi connectivity index (χ0) is 23.3. The number of carbonyl (C=O) groups excluding carboxylic acids is 2. The number of nitrogens with one attached hydrogen (secondary N) is 1. The van der Waals surface area contributed by atoms with E-state index in [0.29, 0.717) is 5.69 Å². The first-order chi connectivity index (χ1) is 15.2. The molecule has 1 amide bonds. The number of nitrogens with zero attached hydrogens (tertiary/aromatic N) is 2. The number of ether oxygens (including phenoxy) is 1. The maximum Gasteiger partial charge on any atom is 0.309 e. The van der Waals surface area contributed by atoms with Gasteiger partial charge in [0.15, 0.2) is 6.61 Å². The van der Waals surface area contributed by atoms with Gasteiger partial charge < -0.3 is 10.1 Å². The van der Waals surface area contributed by atoms with E-state index in [2.05, 4.69) is 5.32 Å². The van der Waals surface area contributed by atoms with Crippen molar-refractivity contribution in [3.8, 4) is 0 Å². The number of hydrogen-bond donors (Lipinski definition) is 1. The van der Waals surface area contributed by atoms with Crippen LogP contribution in [0.15, 0.2) is 53.4 Å². The van der Waals surface area contributed by atoms with E-state index < -0.39 is 39.3 Å². The summed E-state index contributed by atoms with van der Waals surface area (Å²) in [5.74, 6) is -1.63. The van der Waals surface area contributed by atoms with Gasteiger partial charge in [-0.2, -0.15) is 4.31 Å². The summed E-state index contributed by atoms with van der Waals surface area (Å²) in [7, 11) is -4.08. The number of rotatable bonds is 7. The van der Waals surface area contributed by atoms with Crippen molar-refractivity contribution in [2.24, 2.45) is 5.92 Å². The number of anilines is 1. The lowest BCUT2D eigenvalue weighted by molar-refractivity contribution is -0.385. The van der Waals surface area contributed by atoms with Gasteiger partial charge in [-0.3, -0.25) is 19.7 Å². The Morgan fingerprint density at radius 2 is 1.81 bits per heavy atom. The van der Waals surface area contributed by atoms with Crippen LogP contribution in [-0.2, 0) is 24.3 Å². The Hall–Kier alpha value is -3.02. The molecule has 0 saturated carbocycles. The van der Waals surface area contributed by atoms with Crippen molar-refractivity contribution in [1.82, 2.24) is 4.31 Å². The van der Waals surface area contributed by atoms with Crippen LogP contribution in [0.5, 0.6) is 0 Å². The van der Waals surface area contributed by atoms with Gasteiger partial charge in [0.05, 0.1) is 15.9 Å². The standard InChI is InChI=1S/C20H20ClN3O7S/c21-17-7-6-16(24(27)28)12-18(17)32(29,30)23-10-8-14(9-11-23)20(26)31-13-19(25)22-15-4-2-1-3-5-15/h1-7,12,14H,8-11,13H2,(H,22,25). The molecule has 10 nitrogen and oxygen atoms in total. The summed E-state index contributed by atoms with van der Waals surface area (Å²) >= 11 is 5.97. The molecule has 1 fully saturated rings. The summed E-state index contributed by atoms with van der Waals surface area (Å²) < 4.78 is 32.0. The largest absolute Gasteiger partial charge is 0.455 e. The summed E-state index contributed by atoms with van der Waals surface area (Å²) in [6, 6.07) is 11.9. The summed E-state index contributed by atoms with van der Waals surface area (Å²) in [4.78, 5) is 34.1. The van der Waals surface area contributed by atoms with E-state index in [1.807, 2.05) is 0 Å². The zero-order valence-electron chi connectivity index (χ0n) is 16.8. The lowest BCUT2D eigenvalue weighted by atomic mass is 9.98. The molecule has 0 atom stereocenters. The molecule has 0 bridgehead atoms. The number of non-ortho nitro benzene ring substituents is 1. The van der Waals surface area contributed by atoms with Crippen molar-refractivity contribution in [3.63, 3.8) is 0 Å². The predicted molar refractivity (Wildman–Crippen MR) is 116 cm³/mol. The Kier molecular flexibility index (Phi) is 7.44. The maximum absolute atomic E-state index is 12.9. The molecule has 0 spiro atoms. The van der Waals surface area contributed by atoms with Crippen LogP contribution in [0.1, 0.15) is 12.8 Å². The Bertz CT molecular complexity index is 1120.